The lowest BCUT2D eigenvalue weighted by Gasteiger charge is -2.11. The summed E-state index contributed by atoms with van der Waals surface area (Å²) in [5, 5.41) is 10.3. The zero-order valence-corrected chi connectivity index (χ0v) is 14.5. The summed E-state index contributed by atoms with van der Waals surface area (Å²) in [6.45, 7) is 1.84. The minimum Gasteiger partial charge on any atom is -0.457 e. The Morgan fingerprint density at radius 2 is 1.83 bits per heavy atom. The van der Waals surface area contributed by atoms with Gasteiger partial charge in [0.2, 0.25) is 5.91 Å². The van der Waals surface area contributed by atoms with Gasteiger partial charge in [0.15, 0.2) is 4.34 Å². The van der Waals surface area contributed by atoms with Crippen LogP contribution in [-0.2, 0) is 4.79 Å². The second-order valence-electron chi connectivity index (χ2n) is 4.89. The molecule has 1 aromatic heterocycles. The molecule has 1 atom stereocenters. The first kappa shape index (κ1) is 16.5. The van der Waals surface area contributed by atoms with Crippen LogP contribution in [0.3, 0.4) is 0 Å². The van der Waals surface area contributed by atoms with Gasteiger partial charge in [0.1, 0.15) is 17.0 Å². The standard InChI is InChI=1S/C17H15N3O2S2/c1-12(24-17-20-18-11-23-17)16(21)19-13-7-9-15(10-8-13)22-14-5-3-2-4-6-14/h2-12H,1H3,(H,19,21). The monoisotopic (exact) mass is 357 g/mol. The fourth-order valence-corrected chi connectivity index (χ4v) is 3.52. The van der Waals surface area contributed by atoms with Crippen molar-refractivity contribution in [3.63, 3.8) is 0 Å². The van der Waals surface area contributed by atoms with E-state index in [4.69, 9.17) is 4.74 Å². The van der Waals surface area contributed by atoms with Crippen molar-refractivity contribution in [2.75, 3.05) is 5.32 Å². The van der Waals surface area contributed by atoms with Crippen LogP contribution in [0.4, 0.5) is 5.69 Å². The molecule has 122 valence electrons. The van der Waals surface area contributed by atoms with E-state index in [0.29, 0.717) is 0 Å². The van der Waals surface area contributed by atoms with E-state index in [9.17, 15) is 4.79 Å². The van der Waals surface area contributed by atoms with Gasteiger partial charge in [0.25, 0.3) is 0 Å². The van der Waals surface area contributed by atoms with Crippen LogP contribution >= 0.6 is 23.1 Å². The van der Waals surface area contributed by atoms with E-state index in [2.05, 4.69) is 15.5 Å². The minimum atomic E-state index is -0.252. The molecule has 2 aromatic carbocycles. The number of rotatable bonds is 6. The van der Waals surface area contributed by atoms with Crippen molar-refractivity contribution in [2.45, 2.75) is 16.5 Å². The molecule has 1 unspecified atom stereocenters. The Kier molecular flexibility index (Phi) is 5.45. The topological polar surface area (TPSA) is 64.1 Å². The van der Waals surface area contributed by atoms with Crippen molar-refractivity contribution < 1.29 is 9.53 Å². The molecule has 3 aromatic rings. The molecule has 7 heteroatoms. The molecule has 0 bridgehead atoms. The Bertz CT molecular complexity index is 777. The van der Waals surface area contributed by atoms with Crippen LogP contribution in [0.1, 0.15) is 6.92 Å². The molecule has 3 rings (SSSR count). The fourth-order valence-electron chi connectivity index (χ4n) is 1.89. The lowest BCUT2D eigenvalue weighted by molar-refractivity contribution is -0.115. The third-order valence-corrected chi connectivity index (χ3v) is 5.00. The molecular formula is C17H15N3O2S2. The molecule has 1 heterocycles. The zero-order chi connectivity index (χ0) is 16.8. The van der Waals surface area contributed by atoms with Crippen molar-refractivity contribution in [1.29, 1.82) is 0 Å². The van der Waals surface area contributed by atoms with Crippen LogP contribution in [-0.4, -0.2) is 21.4 Å². The summed E-state index contributed by atoms with van der Waals surface area (Å²) in [5.74, 6) is 1.42. The maximum atomic E-state index is 12.2. The van der Waals surface area contributed by atoms with Gasteiger partial charge in [-0.1, -0.05) is 41.3 Å². The third-order valence-electron chi connectivity index (χ3n) is 3.09. The predicted octanol–water partition coefficient (Wildman–Crippen LogP) is 4.45. The van der Waals surface area contributed by atoms with Crippen LogP contribution in [0.25, 0.3) is 0 Å². The van der Waals surface area contributed by atoms with E-state index in [1.54, 1.807) is 5.51 Å². The molecule has 0 aliphatic heterocycles. The van der Waals surface area contributed by atoms with Gasteiger partial charge in [-0.25, -0.2) is 0 Å². The molecule has 0 spiro atoms. The highest BCUT2D eigenvalue weighted by Crippen LogP contribution is 2.26. The molecule has 0 aliphatic rings. The average Bonchev–Trinajstić information content (AvgIpc) is 3.10. The molecule has 0 saturated carbocycles. The van der Waals surface area contributed by atoms with Crippen molar-refractivity contribution in [2.24, 2.45) is 0 Å². The van der Waals surface area contributed by atoms with Crippen LogP contribution in [0, 0.1) is 0 Å². The van der Waals surface area contributed by atoms with Gasteiger partial charge >= 0.3 is 0 Å². The highest BCUT2D eigenvalue weighted by Gasteiger charge is 2.16. The number of hydrogen-bond acceptors (Lipinski definition) is 6. The number of carbonyl (C=O) groups excluding carboxylic acids is 1. The Morgan fingerprint density at radius 3 is 2.50 bits per heavy atom. The number of aromatic nitrogens is 2. The Hall–Kier alpha value is -2.38. The molecule has 0 fully saturated rings. The molecule has 0 radical (unpaired) electrons. The smallest absolute Gasteiger partial charge is 0.237 e. The zero-order valence-electron chi connectivity index (χ0n) is 12.9. The second-order valence-corrected chi connectivity index (χ2v) is 7.31. The van der Waals surface area contributed by atoms with Gasteiger partial charge in [0.05, 0.1) is 5.25 Å². The average molecular weight is 357 g/mol. The molecule has 1 N–H and O–H groups in total. The van der Waals surface area contributed by atoms with Crippen molar-refractivity contribution in [3.8, 4) is 11.5 Å². The quantitative estimate of drug-likeness (QED) is 0.660. The highest BCUT2D eigenvalue weighted by molar-refractivity contribution is 8.02. The van der Waals surface area contributed by atoms with Crippen molar-refractivity contribution >= 4 is 34.7 Å². The van der Waals surface area contributed by atoms with E-state index in [1.807, 2.05) is 61.5 Å². The summed E-state index contributed by atoms with van der Waals surface area (Å²) < 4.78 is 6.51. The van der Waals surface area contributed by atoms with E-state index in [-0.39, 0.29) is 11.2 Å². The fraction of sp³-hybridized carbons (Fsp3) is 0.118. The Balaban J connectivity index is 1.56. The van der Waals surface area contributed by atoms with Crippen LogP contribution in [0.15, 0.2) is 64.4 Å². The van der Waals surface area contributed by atoms with E-state index in [0.717, 1.165) is 21.5 Å². The number of carbonyl (C=O) groups is 1. The summed E-state index contributed by atoms with van der Waals surface area (Å²) in [4.78, 5) is 12.2. The number of anilines is 1. The van der Waals surface area contributed by atoms with Crippen molar-refractivity contribution in [1.82, 2.24) is 10.2 Å². The predicted molar refractivity (Wildman–Crippen MR) is 96.8 cm³/mol. The molecule has 1 amide bonds. The lowest BCUT2D eigenvalue weighted by Crippen LogP contribution is -2.22. The second kappa shape index (κ2) is 7.94. The SMILES string of the molecule is CC(Sc1nncs1)C(=O)Nc1ccc(Oc2ccccc2)cc1. The normalized spacial score (nSPS) is 11.7. The highest BCUT2D eigenvalue weighted by atomic mass is 32.2. The van der Waals surface area contributed by atoms with E-state index >= 15 is 0 Å². The minimum absolute atomic E-state index is 0.0769. The van der Waals surface area contributed by atoms with Gasteiger partial charge in [-0.05, 0) is 43.3 Å². The molecular weight excluding hydrogens is 342 g/mol. The summed E-state index contributed by atoms with van der Waals surface area (Å²) >= 11 is 2.81. The van der Waals surface area contributed by atoms with Gasteiger partial charge in [0, 0.05) is 5.69 Å². The number of hydrogen-bond donors (Lipinski definition) is 1. The molecule has 0 aliphatic carbocycles. The number of benzene rings is 2. The lowest BCUT2D eigenvalue weighted by atomic mass is 10.3. The number of para-hydroxylation sites is 1. The maximum Gasteiger partial charge on any atom is 0.237 e. The van der Waals surface area contributed by atoms with Crippen LogP contribution < -0.4 is 10.1 Å². The summed E-state index contributed by atoms with van der Waals surface area (Å²) in [7, 11) is 0. The largest absolute Gasteiger partial charge is 0.457 e. The number of nitrogens with one attached hydrogen (secondary N) is 1. The first-order valence-corrected chi connectivity index (χ1v) is 9.03. The maximum absolute atomic E-state index is 12.2. The Morgan fingerprint density at radius 1 is 1.12 bits per heavy atom. The van der Waals surface area contributed by atoms with Gasteiger partial charge in [-0.2, -0.15) is 0 Å². The number of thioether (sulfide) groups is 1. The first-order valence-electron chi connectivity index (χ1n) is 7.27. The summed E-state index contributed by atoms with van der Waals surface area (Å²) in [5.41, 5.74) is 2.38. The van der Waals surface area contributed by atoms with E-state index in [1.165, 1.54) is 23.1 Å². The van der Waals surface area contributed by atoms with Crippen LogP contribution in [0.5, 0.6) is 11.5 Å². The molecule has 0 saturated heterocycles. The van der Waals surface area contributed by atoms with Gasteiger partial charge in [-0.3, -0.25) is 4.79 Å². The number of ether oxygens (including phenoxy) is 1. The number of nitrogens with zero attached hydrogens (tertiary/aromatic N) is 2. The van der Waals surface area contributed by atoms with E-state index < -0.39 is 0 Å². The van der Waals surface area contributed by atoms with Gasteiger partial charge < -0.3 is 10.1 Å². The summed E-state index contributed by atoms with van der Waals surface area (Å²) in [6, 6.07) is 16.8. The van der Waals surface area contributed by atoms with Crippen molar-refractivity contribution in [3.05, 3.63) is 60.1 Å². The third kappa shape index (κ3) is 4.56. The number of amides is 1. The Labute approximate surface area is 148 Å². The summed E-state index contributed by atoms with van der Waals surface area (Å²) in [6.07, 6.45) is 0. The molecule has 24 heavy (non-hydrogen) atoms. The molecule has 5 nitrogen and oxygen atoms in total. The first-order chi connectivity index (χ1) is 11.7. The van der Waals surface area contributed by atoms with Crippen LogP contribution in [0.2, 0.25) is 0 Å². The van der Waals surface area contributed by atoms with Gasteiger partial charge in [-0.15, -0.1) is 10.2 Å².